The van der Waals surface area contributed by atoms with E-state index in [4.69, 9.17) is 18.6 Å². The lowest BCUT2D eigenvalue weighted by atomic mass is 10.0. The quantitative estimate of drug-likeness (QED) is 0.283. The van der Waals surface area contributed by atoms with Crippen molar-refractivity contribution >= 4 is 16.9 Å². The molecular formula is C28H24O6. The SMILES string of the molecule is CCCc1cc2c(=O)c(-c3ccc4c(c3)OCCO4)coc2cc1OC(=O)c1ccccc1C. The Bertz CT molecular complexity index is 1450. The third-order valence-corrected chi connectivity index (χ3v) is 5.90. The van der Waals surface area contributed by atoms with Crippen molar-refractivity contribution in [3.8, 4) is 28.4 Å². The number of rotatable bonds is 5. The fourth-order valence-electron chi connectivity index (χ4n) is 4.13. The van der Waals surface area contributed by atoms with E-state index in [1.807, 2.05) is 32.0 Å². The van der Waals surface area contributed by atoms with Gasteiger partial charge in [0.15, 0.2) is 11.5 Å². The van der Waals surface area contributed by atoms with Crippen molar-refractivity contribution < 1.29 is 23.4 Å². The smallest absolute Gasteiger partial charge is 0.343 e. The predicted molar refractivity (Wildman–Crippen MR) is 129 cm³/mol. The normalized spacial score (nSPS) is 12.5. The molecule has 0 fully saturated rings. The van der Waals surface area contributed by atoms with Crippen molar-refractivity contribution in [3.63, 3.8) is 0 Å². The minimum absolute atomic E-state index is 0.160. The number of hydrogen-bond donors (Lipinski definition) is 0. The molecule has 0 saturated heterocycles. The summed E-state index contributed by atoms with van der Waals surface area (Å²) in [7, 11) is 0. The molecule has 0 atom stereocenters. The first-order valence-corrected chi connectivity index (χ1v) is 11.3. The number of aryl methyl sites for hydroxylation is 2. The van der Waals surface area contributed by atoms with Gasteiger partial charge in [0.25, 0.3) is 0 Å². The molecule has 0 spiro atoms. The van der Waals surface area contributed by atoms with Gasteiger partial charge in [0, 0.05) is 6.07 Å². The number of carbonyl (C=O) groups excluding carboxylic acids is 1. The van der Waals surface area contributed by atoms with Crippen LogP contribution in [-0.4, -0.2) is 19.2 Å². The number of carbonyl (C=O) groups is 1. The topological polar surface area (TPSA) is 75.0 Å². The van der Waals surface area contributed by atoms with E-state index in [0.717, 1.165) is 17.5 Å². The van der Waals surface area contributed by atoms with Crippen LogP contribution in [0.5, 0.6) is 17.2 Å². The fourth-order valence-corrected chi connectivity index (χ4v) is 4.13. The zero-order chi connectivity index (χ0) is 23.7. The van der Waals surface area contributed by atoms with Crippen molar-refractivity contribution in [2.24, 2.45) is 0 Å². The van der Waals surface area contributed by atoms with Gasteiger partial charge in [-0.1, -0.05) is 37.6 Å². The van der Waals surface area contributed by atoms with Crippen molar-refractivity contribution in [2.45, 2.75) is 26.7 Å². The minimum Gasteiger partial charge on any atom is -0.486 e. The Morgan fingerprint density at radius 3 is 2.59 bits per heavy atom. The highest BCUT2D eigenvalue weighted by Gasteiger charge is 2.19. The van der Waals surface area contributed by atoms with E-state index >= 15 is 0 Å². The summed E-state index contributed by atoms with van der Waals surface area (Å²) in [6.45, 7) is 4.86. The van der Waals surface area contributed by atoms with Gasteiger partial charge in [-0.15, -0.1) is 0 Å². The Morgan fingerprint density at radius 2 is 1.79 bits per heavy atom. The molecule has 0 N–H and O–H groups in total. The van der Waals surface area contributed by atoms with Gasteiger partial charge in [-0.3, -0.25) is 4.79 Å². The summed E-state index contributed by atoms with van der Waals surface area (Å²) in [6.07, 6.45) is 2.91. The summed E-state index contributed by atoms with van der Waals surface area (Å²) in [6, 6.07) is 16.1. The summed E-state index contributed by atoms with van der Waals surface area (Å²) in [5.41, 5.74) is 3.43. The molecule has 0 unspecified atom stereocenters. The van der Waals surface area contributed by atoms with Crippen LogP contribution in [0.3, 0.4) is 0 Å². The van der Waals surface area contributed by atoms with Crippen LogP contribution in [0, 0.1) is 6.92 Å². The molecule has 34 heavy (non-hydrogen) atoms. The maximum Gasteiger partial charge on any atom is 0.343 e. The van der Waals surface area contributed by atoms with Gasteiger partial charge < -0.3 is 18.6 Å². The van der Waals surface area contributed by atoms with Gasteiger partial charge in [0.05, 0.1) is 16.5 Å². The molecule has 4 aromatic rings. The molecule has 0 saturated carbocycles. The molecule has 2 heterocycles. The third-order valence-electron chi connectivity index (χ3n) is 5.90. The third kappa shape index (κ3) is 4.03. The summed E-state index contributed by atoms with van der Waals surface area (Å²) >= 11 is 0. The van der Waals surface area contributed by atoms with E-state index in [0.29, 0.717) is 64.5 Å². The molecule has 0 radical (unpaired) electrons. The molecule has 6 heteroatoms. The molecule has 3 aromatic carbocycles. The van der Waals surface area contributed by atoms with E-state index < -0.39 is 5.97 Å². The first-order chi connectivity index (χ1) is 16.5. The largest absolute Gasteiger partial charge is 0.486 e. The van der Waals surface area contributed by atoms with E-state index in [2.05, 4.69) is 0 Å². The van der Waals surface area contributed by atoms with Crippen LogP contribution >= 0.6 is 0 Å². The molecule has 0 bridgehead atoms. The first kappa shape index (κ1) is 21.8. The van der Waals surface area contributed by atoms with Crippen LogP contribution in [0.4, 0.5) is 0 Å². The van der Waals surface area contributed by atoms with Gasteiger partial charge in [0.1, 0.15) is 30.8 Å². The molecule has 1 aliphatic rings. The maximum atomic E-state index is 13.4. The van der Waals surface area contributed by atoms with Crippen LogP contribution in [0.1, 0.15) is 34.8 Å². The zero-order valence-corrected chi connectivity index (χ0v) is 19.1. The monoisotopic (exact) mass is 456 g/mol. The lowest BCUT2D eigenvalue weighted by molar-refractivity contribution is 0.0732. The average Bonchev–Trinajstić information content (AvgIpc) is 2.85. The summed E-state index contributed by atoms with van der Waals surface area (Å²) in [4.78, 5) is 26.2. The Hall–Kier alpha value is -4.06. The minimum atomic E-state index is -0.440. The Morgan fingerprint density at radius 1 is 1.00 bits per heavy atom. The number of fused-ring (bicyclic) bond motifs is 2. The second-order valence-corrected chi connectivity index (χ2v) is 8.25. The van der Waals surface area contributed by atoms with Gasteiger partial charge >= 0.3 is 5.97 Å². The van der Waals surface area contributed by atoms with Crippen LogP contribution in [0.2, 0.25) is 0 Å². The first-order valence-electron chi connectivity index (χ1n) is 11.3. The molecule has 1 aromatic heterocycles. The van der Waals surface area contributed by atoms with Gasteiger partial charge in [0.2, 0.25) is 5.43 Å². The molecule has 1 aliphatic heterocycles. The number of benzene rings is 3. The van der Waals surface area contributed by atoms with Crippen LogP contribution < -0.4 is 19.6 Å². The second-order valence-electron chi connectivity index (χ2n) is 8.25. The lowest BCUT2D eigenvalue weighted by Gasteiger charge is -2.18. The summed E-state index contributed by atoms with van der Waals surface area (Å²) in [5, 5.41) is 0.437. The van der Waals surface area contributed by atoms with Crippen LogP contribution in [0.15, 0.2) is 70.1 Å². The number of esters is 1. The highest BCUT2D eigenvalue weighted by molar-refractivity contribution is 5.93. The van der Waals surface area contributed by atoms with Crippen molar-refractivity contribution in [1.29, 1.82) is 0 Å². The Labute approximate surface area is 196 Å². The van der Waals surface area contributed by atoms with Gasteiger partial charge in [-0.25, -0.2) is 4.79 Å². The molecular weight excluding hydrogens is 432 g/mol. The van der Waals surface area contributed by atoms with E-state index in [-0.39, 0.29) is 5.43 Å². The van der Waals surface area contributed by atoms with E-state index in [1.54, 1.807) is 36.4 Å². The van der Waals surface area contributed by atoms with E-state index in [1.165, 1.54) is 6.26 Å². The highest BCUT2D eigenvalue weighted by atomic mass is 16.6. The van der Waals surface area contributed by atoms with E-state index in [9.17, 15) is 9.59 Å². The van der Waals surface area contributed by atoms with Crippen molar-refractivity contribution in [1.82, 2.24) is 0 Å². The Balaban J connectivity index is 1.56. The molecule has 0 amide bonds. The van der Waals surface area contributed by atoms with Crippen molar-refractivity contribution in [3.05, 3.63) is 87.8 Å². The second kappa shape index (κ2) is 9.06. The highest BCUT2D eigenvalue weighted by Crippen LogP contribution is 2.35. The maximum absolute atomic E-state index is 13.4. The predicted octanol–water partition coefficient (Wildman–Crippen LogP) is 5.71. The molecule has 172 valence electrons. The lowest BCUT2D eigenvalue weighted by Crippen LogP contribution is -2.15. The standard InChI is InChI=1S/C28H24O6/c1-3-6-19-13-21-25(15-24(19)34-28(30)20-8-5-4-7-17(20)2)33-16-22(27(21)29)18-9-10-23-26(14-18)32-12-11-31-23/h4-5,7-10,13-16H,3,6,11-12H2,1-2H3. The molecule has 0 aliphatic carbocycles. The average molecular weight is 456 g/mol. The fraction of sp³-hybridized carbons (Fsp3) is 0.214. The summed E-state index contributed by atoms with van der Waals surface area (Å²) in [5.74, 6) is 1.22. The van der Waals surface area contributed by atoms with Gasteiger partial charge in [-0.2, -0.15) is 0 Å². The summed E-state index contributed by atoms with van der Waals surface area (Å²) < 4.78 is 22.8. The number of hydrogen-bond acceptors (Lipinski definition) is 6. The molecule has 5 rings (SSSR count). The van der Waals surface area contributed by atoms with Crippen molar-refractivity contribution in [2.75, 3.05) is 13.2 Å². The molecule has 6 nitrogen and oxygen atoms in total. The zero-order valence-electron chi connectivity index (χ0n) is 19.1. The van der Waals surface area contributed by atoms with Crippen LogP contribution in [-0.2, 0) is 6.42 Å². The number of ether oxygens (including phenoxy) is 3. The van der Waals surface area contributed by atoms with Gasteiger partial charge in [-0.05, 0) is 54.3 Å². The Kier molecular flexibility index (Phi) is 5.80. The van der Waals surface area contributed by atoms with Crippen LogP contribution in [0.25, 0.3) is 22.1 Å².